The van der Waals surface area contributed by atoms with Crippen LogP contribution in [0.3, 0.4) is 0 Å². The molecule has 2 rings (SSSR count). The van der Waals surface area contributed by atoms with Crippen LogP contribution in [0.4, 0.5) is 5.69 Å². The van der Waals surface area contributed by atoms with E-state index < -0.39 is 0 Å². The van der Waals surface area contributed by atoms with E-state index in [4.69, 9.17) is 0 Å². The minimum absolute atomic E-state index is 0.0751. The molecule has 1 aromatic carbocycles. The van der Waals surface area contributed by atoms with Crippen LogP contribution >= 0.6 is 0 Å². The Hall–Kier alpha value is -1.42. The second-order valence-corrected chi connectivity index (χ2v) is 3.40. The van der Waals surface area contributed by atoms with Gasteiger partial charge in [0.25, 0.3) is 5.91 Å². The molecule has 1 amide bonds. The van der Waals surface area contributed by atoms with Crippen molar-refractivity contribution in [3.05, 3.63) is 29.8 Å². The summed E-state index contributed by atoms with van der Waals surface area (Å²) in [6.07, 6.45) is 0. The number of hydrogen-bond donors (Lipinski definition) is 0. The van der Waals surface area contributed by atoms with Gasteiger partial charge in [0.2, 0.25) is 0 Å². The highest BCUT2D eigenvalue weighted by Gasteiger charge is 2.14. The number of rotatable bonds is 1. The summed E-state index contributed by atoms with van der Waals surface area (Å²) in [5.74, 6) is -0.0751. The van der Waals surface area contributed by atoms with Gasteiger partial charge in [-0.3, -0.25) is 4.79 Å². The molecule has 1 heterocycles. The number of nitrogens with zero attached hydrogens (tertiary/aromatic N) is 2. The Bertz CT molecular complexity index is 404. The maximum Gasteiger partial charge on any atom is 0.283 e. The first-order chi connectivity index (χ1) is 6.27. The number of carbonyl (C=O) groups is 1. The molecule has 1 aliphatic heterocycles. The molecule has 66 valence electrons. The third-order valence-electron chi connectivity index (χ3n) is 1.77. The summed E-state index contributed by atoms with van der Waals surface area (Å²) in [7, 11) is 0. The third kappa shape index (κ3) is 1.53. The molecule has 0 N–H and O–H groups in total. The number of anilines is 1. The summed E-state index contributed by atoms with van der Waals surface area (Å²) in [6.45, 7) is 2.01. The summed E-state index contributed by atoms with van der Waals surface area (Å²) < 4.78 is 3.96. The van der Waals surface area contributed by atoms with E-state index in [-0.39, 0.29) is 5.91 Å². The Morgan fingerprint density at radius 3 is 2.54 bits per heavy atom. The van der Waals surface area contributed by atoms with Crippen molar-refractivity contribution in [2.24, 2.45) is 4.47 Å². The van der Waals surface area contributed by atoms with Crippen molar-refractivity contribution in [2.45, 2.75) is 6.92 Å². The number of amides is 1. The van der Waals surface area contributed by atoms with E-state index in [1.54, 1.807) is 0 Å². The van der Waals surface area contributed by atoms with Crippen LogP contribution in [0.1, 0.15) is 5.56 Å². The highest BCUT2D eigenvalue weighted by molar-refractivity contribution is 7.69. The summed E-state index contributed by atoms with van der Waals surface area (Å²) in [5, 5.41) is 2.88. The summed E-state index contributed by atoms with van der Waals surface area (Å²) in [6, 6.07) is 7.69. The predicted octanol–water partition coefficient (Wildman–Crippen LogP) is 1.33. The zero-order valence-corrected chi connectivity index (χ0v) is 7.91. The first kappa shape index (κ1) is 8.19. The fourth-order valence-electron chi connectivity index (χ4n) is 1.07. The molecule has 0 aliphatic carbocycles. The van der Waals surface area contributed by atoms with Gasteiger partial charge in [-0.2, -0.15) is 5.01 Å². The van der Waals surface area contributed by atoms with Gasteiger partial charge in [-0.05, 0) is 30.2 Å². The second-order valence-electron chi connectivity index (χ2n) is 2.79. The molecule has 13 heavy (non-hydrogen) atoms. The van der Waals surface area contributed by atoms with Crippen LogP contribution in [-0.2, 0) is 15.9 Å². The van der Waals surface area contributed by atoms with Crippen molar-refractivity contribution >= 4 is 28.1 Å². The average molecular weight is 192 g/mol. The topological polar surface area (TPSA) is 32.7 Å². The summed E-state index contributed by atoms with van der Waals surface area (Å²) in [4.78, 5) is 11.2. The highest BCUT2D eigenvalue weighted by Crippen LogP contribution is 2.16. The highest BCUT2D eigenvalue weighted by atomic mass is 32.1. The minimum atomic E-state index is -0.0751. The number of benzene rings is 1. The van der Waals surface area contributed by atoms with Crippen molar-refractivity contribution in [3.8, 4) is 0 Å². The van der Waals surface area contributed by atoms with Crippen LogP contribution in [0.15, 0.2) is 28.7 Å². The van der Waals surface area contributed by atoms with Crippen LogP contribution in [-0.4, -0.2) is 11.3 Å². The molecule has 0 radical (unpaired) electrons. The zero-order valence-electron chi connectivity index (χ0n) is 7.10. The number of hydrogen-bond acceptors (Lipinski definition) is 2. The molecule has 0 saturated carbocycles. The van der Waals surface area contributed by atoms with Gasteiger partial charge in [0.05, 0.1) is 11.1 Å². The summed E-state index contributed by atoms with van der Waals surface area (Å²) >= 11 is 1.17. The molecule has 0 spiro atoms. The molecule has 0 saturated heterocycles. The van der Waals surface area contributed by atoms with Crippen LogP contribution in [0.5, 0.6) is 0 Å². The van der Waals surface area contributed by atoms with E-state index in [1.165, 1.54) is 27.1 Å². The normalized spacial score (nSPS) is 14.8. The van der Waals surface area contributed by atoms with Crippen LogP contribution in [0.2, 0.25) is 0 Å². The van der Waals surface area contributed by atoms with Crippen LogP contribution in [0.25, 0.3) is 0 Å². The third-order valence-corrected chi connectivity index (χ3v) is 2.33. The lowest BCUT2D eigenvalue weighted by molar-refractivity contribution is -0.111. The Kier molecular flexibility index (Phi) is 1.98. The summed E-state index contributed by atoms with van der Waals surface area (Å²) in [5.41, 5.74) is 1.99. The number of carbonyl (C=O) groups excluding carboxylic acids is 1. The van der Waals surface area contributed by atoms with E-state index in [2.05, 4.69) is 4.47 Å². The molecule has 0 atom stereocenters. The van der Waals surface area contributed by atoms with Crippen molar-refractivity contribution in [2.75, 3.05) is 5.01 Å². The van der Waals surface area contributed by atoms with E-state index in [0.717, 1.165) is 5.69 Å². The molecular weight excluding hydrogens is 184 g/mol. The first-order valence-corrected chi connectivity index (χ1v) is 4.72. The van der Waals surface area contributed by atoms with Gasteiger partial charge in [0.15, 0.2) is 0 Å². The molecule has 0 bridgehead atoms. The predicted molar refractivity (Wildman–Crippen MR) is 54.5 cm³/mol. The molecule has 4 heteroatoms. The zero-order chi connectivity index (χ0) is 9.26. The van der Waals surface area contributed by atoms with Crippen molar-refractivity contribution in [1.82, 2.24) is 0 Å². The largest absolute Gasteiger partial charge is 0.283 e. The fraction of sp³-hybridized carbons (Fsp3) is 0.111. The van der Waals surface area contributed by atoms with Crippen LogP contribution in [0, 0.1) is 6.92 Å². The maximum atomic E-state index is 11.2. The molecule has 3 nitrogen and oxygen atoms in total. The van der Waals surface area contributed by atoms with Gasteiger partial charge in [-0.15, -0.1) is 4.47 Å². The fourth-order valence-corrected chi connectivity index (χ4v) is 1.57. The van der Waals surface area contributed by atoms with E-state index in [0.29, 0.717) is 0 Å². The smallest absolute Gasteiger partial charge is 0.266 e. The van der Waals surface area contributed by atoms with E-state index in [1.807, 2.05) is 31.2 Å². The lowest BCUT2D eigenvalue weighted by Gasteiger charge is -2.09. The van der Waals surface area contributed by atoms with Gasteiger partial charge in [0, 0.05) is 0 Å². The van der Waals surface area contributed by atoms with Gasteiger partial charge in [-0.25, -0.2) is 0 Å². The van der Waals surface area contributed by atoms with Crippen LogP contribution < -0.4 is 5.01 Å². The lowest BCUT2D eigenvalue weighted by atomic mass is 10.2. The maximum absolute atomic E-state index is 11.2. The lowest BCUT2D eigenvalue weighted by Crippen LogP contribution is -2.21. The Labute approximate surface area is 79.7 Å². The molecule has 0 aromatic heterocycles. The van der Waals surface area contributed by atoms with E-state index >= 15 is 0 Å². The molecule has 0 unspecified atom stereocenters. The second kappa shape index (κ2) is 3.14. The quantitative estimate of drug-likeness (QED) is 0.618. The van der Waals surface area contributed by atoms with Gasteiger partial charge >= 0.3 is 0 Å². The van der Waals surface area contributed by atoms with Gasteiger partial charge in [-0.1, -0.05) is 17.7 Å². The van der Waals surface area contributed by atoms with Crippen molar-refractivity contribution in [1.29, 1.82) is 0 Å². The Morgan fingerprint density at radius 2 is 2.00 bits per heavy atom. The van der Waals surface area contributed by atoms with Gasteiger partial charge in [0.1, 0.15) is 0 Å². The molecular formula is C9H8N2OS. The molecule has 1 aromatic rings. The Morgan fingerprint density at radius 1 is 1.31 bits per heavy atom. The molecule has 0 fully saturated rings. The number of aryl methyl sites for hydroxylation is 1. The standard InChI is InChI=1S/C9H8N2OS/c1-7-2-4-8(5-3-7)11-9(12)6-13-10-11/h2-6H,1H3. The minimum Gasteiger partial charge on any atom is -0.266 e. The van der Waals surface area contributed by atoms with E-state index in [9.17, 15) is 4.79 Å². The monoisotopic (exact) mass is 192 g/mol. The van der Waals surface area contributed by atoms with Crippen molar-refractivity contribution in [3.63, 3.8) is 0 Å². The van der Waals surface area contributed by atoms with Gasteiger partial charge < -0.3 is 0 Å². The first-order valence-electron chi connectivity index (χ1n) is 3.88. The Balaban J connectivity index is 2.32. The molecule has 1 aliphatic rings. The average Bonchev–Trinajstić information content (AvgIpc) is 2.53. The van der Waals surface area contributed by atoms with Crippen molar-refractivity contribution < 1.29 is 4.79 Å². The SMILES string of the molecule is Cc1ccc(N2N=S=CC2=O)cc1.